The zero-order chi connectivity index (χ0) is 17.4. The van der Waals surface area contributed by atoms with E-state index in [2.05, 4.69) is 29.8 Å². The summed E-state index contributed by atoms with van der Waals surface area (Å²) in [5.74, 6) is 0.726. The maximum atomic E-state index is 12.6. The molecule has 0 fully saturated rings. The van der Waals surface area contributed by atoms with Crippen LogP contribution in [0.25, 0.3) is 0 Å². The standard InChI is InChI=1S/C18H21BrO3S/c1-11(2)16-7-6-15(8-12(16)3)22-23(20,21)18-10-13(4)17(19)9-14(18)5/h6-11H,1-5H3. The summed E-state index contributed by atoms with van der Waals surface area (Å²) in [5.41, 5.74) is 3.71. The van der Waals surface area contributed by atoms with Crippen LogP contribution < -0.4 is 4.18 Å². The molecular formula is C18H21BrO3S. The quantitative estimate of drug-likeness (QED) is 0.661. The number of hydrogen-bond donors (Lipinski definition) is 0. The van der Waals surface area contributed by atoms with Gasteiger partial charge in [-0.25, -0.2) is 0 Å². The van der Waals surface area contributed by atoms with E-state index in [1.807, 2.05) is 19.9 Å². The van der Waals surface area contributed by atoms with E-state index >= 15 is 0 Å². The van der Waals surface area contributed by atoms with Crippen molar-refractivity contribution in [2.75, 3.05) is 0 Å². The van der Waals surface area contributed by atoms with Gasteiger partial charge in [0, 0.05) is 4.47 Å². The van der Waals surface area contributed by atoms with Crippen LogP contribution in [0.5, 0.6) is 5.75 Å². The Morgan fingerprint density at radius 3 is 2.17 bits per heavy atom. The highest BCUT2D eigenvalue weighted by Crippen LogP contribution is 2.29. The fourth-order valence-electron chi connectivity index (χ4n) is 2.54. The highest BCUT2D eigenvalue weighted by atomic mass is 79.9. The third-order valence-electron chi connectivity index (χ3n) is 3.79. The molecule has 5 heteroatoms. The van der Waals surface area contributed by atoms with Crippen molar-refractivity contribution in [2.45, 2.75) is 45.4 Å². The Bertz CT molecular complexity index is 840. The summed E-state index contributed by atoms with van der Waals surface area (Å²) in [7, 11) is -3.85. The van der Waals surface area contributed by atoms with Gasteiger partial charge in [-0.2, -0.15) is 8.42 Å². The Morgan fingerprint density at radius 2 is 1.61 bits per heavy atom. The molecule has 0 saturated carbocycles. The molecule has 2 rings (SSSR count). The predicted octanol–water partition coefficient (Wildman–Crippen LogP) is 5.27. The van der Waals surface area contributed by atoms with Crippen molar-refractivity contribution < 1.29 is 12.6 Å². The molecule has 0 N–H and O–H groups in total. The molecule has 0 atom stereocenters. The van der Waals surface area contributed by atoms with Crippen LogP contribution >= 0.6 is 15.9 Å². The minimum Gasteiger partial charge on any atom is -0.379 e. The maximum absolute atomic E-state index is 12.6. The lowest BCUT2D eigenvalue weighted by Crippen LogP contribution is -2.12. The molecule has 0 bridgehead atoms. The lowest BCUT2D eigenvalue weighted by Gasteiger charge is -2.14. The first-order valence-electron chi connectivity index (χ1n) is 7.43. The molecule has 0 spiro atoms. The summed E-state index contributed by atoms with van der Waals surface area (Å²) >= 11 is 3.41. The minimum atomic E-state index is -3.85. The lowest BCUT2D eigenvalue weighted by molar-refractivity contribution is 0.485. The van der Waals surface area contributed by atoms with Crippen LogP contribution in [0.4, 0.5) is 0 Å². The van der Waals surface area contributed by atoms with Gasteiger partial charge in [-0.3, -0.25) is 0 Å². The first-order chi connectivity index (χ1) is 10.6. The lowest BCUT2D eigenvalue weighted by atomic mass is 9.98. The van der Waals surface area contributed by atoms with Crippen molar-refractivity contribution in [3.05, 3.63) is 57.1 Å². The Kier molecular flexibility index (Phi) is 5.21. The molecule has 0 unspecified atom stereocenters. The van der Waals surface area contributed by atoms with E-state index in [4.69, 9.17) is 4.18 Å². The van der Waals surface area contributed by atoms with Gasteiger partial charge in [0.05, 0.1) is 0 Å². The molecule has 0 radical (unpaired) electrons. The van der Waals surface area contributed by atoms with Gasteiger partial charge in [-0.05, 0) is 73.2 Å². The summed E-state index contributed by atoms with van der Waals surface area (Å²) in [6.07, 6.45) is 0. The Hall–Kier alpha value is -1.33. The molecule has 0 aromatic heterocycles. The normalized spacial score (nSPS) is 11.8. The average molecular weight is 397 g/mol. The van der Waals surface area contributed by atoms with E-state index < -0.39 is 10.1 Å². The smallest absolute Gasteiger partial charge is 0.339 e. The summed E-state index contributed by atoms with van der Waals surface area (Å²) in [4.78, 5) is 0.198. The summed E-state index contributed by atoms with van der Waals surface area (Å²) in [6.45, 7) is 9.78. The zero-order valence-corrected chi connectivity index (χ0v) is 16.4. The topological polar surface area (TPSA) is 43.4 Å². The first kappa shape index (κ1) is 18.0. The molecule has 0 amide bonds. The largest absolute Gasteiger partial charge is 0.379 e. The van der Waals surface area contributed by atoms with Crippen LogP contribution in [0.2, 0.25) is 0 Å². The highest BCUT2D eigenvalue weighted by molar-refractivity contribution is 9.10. The van der Waals surface area contributed by atoms with Crippen LogP contribution in [0.1, 0.15) is 42.0 Å². The first-order valence-corrected chi connectivity index (χ1v) is 9.63. The molecule has 0 saturated heterocycles. The Balaban J connectivity index is 2.39. The molecule has 0 aliphatic rings. The number of rotatable bonds is 4. The second-order valence-corrected chi connectivity index (χ2v) is 8.45. The van der Waals surface area contributed by atoms with Crippen LogP contribution in [0, 0.1) is 20.8 Å². The van der Waals surface area contributed by atoms with Gasteiger partial charge in [-0.15, -0.1) is 0 Å². The van der Waals surface area contributed by atoms with Crippen molar-refractivity contribution in [1.82, 2.24) is 0 Å². The zero-order valence-electron chi connectivity index (χ0n) is 14.0. The van der Waals surface area contributed by atoms with Crippen molar-refractivity contribution >= 4 is 26.0 Å². The van der Waals surface area contributed by atoms with Gasteiger partial charge in [0.2, 0.25) is 0 Å². The molecule has 0 heterocycles. The van der Waals surface area contributed by atoms with E-state index in [9.17, 15) is 8.42 Å². The fourth-order valence-corrected chi connectivity index (χ4v) is 4.22. The summed E-state index contributed by atoms with van der Waals surface area (Å²) < 4.78 is 31.4. The van der Waals surface area contributed by atoms with Crippen LogP contribution in [0.3, 0.4) is 0 Å². The molecule has 2 aromatic carbocycles. The second-order valence-electron chi connectivity index (χ2n) is 6.08. The second kappa shape index (κ2) is 6.65. The molecule has 0 aliphatic carbocycles. The van der Waals surface area contributed by atoms with Crippen molar-refractivity contribution in [1.29, 1.82) is 0 Å². The number of aryl methyl sites for hydroxylation is 3. The van der Waals surface area contributed by atoms with Gasteiger partial charge in [0.25, 0.3) is 0 Å². The third kappa shape index (κ3) is 3.96. The molecule has 0 aliphatic heterocycles. The SMILES string of the molecule is Cc1cc(S(=O)(=O)Oc2ccc(C(C)C)c(C)c2)c(C)cc1Br. The van der Waals surface area contributed by atoms with Gasteiger partial charge in [-0.1, -0.05) is 35.8 Å². The molecular weight excluding hydrogens is 376 g/mol. The summed E-state index contributed by atoms with van der Waals surface area (Å²) in [6, 6.07) is 8.82. The van der Waals surface area contributed by atoms with Crippen molar-refractivity contribution in [3.8, 4) is 5.75 Å². The minimum absolute atomic E-state index is 0.198. The van der Waals surface area contributed by atoms with Crippen LogP contribution in [-0.2, 0) is 10.1 Å². The predicted molar refractivity (Wildman–Crippen MR) is 96.7 cm³/mol. The van der Waals surface area contributed by atoms with Crippen molar-refractivity contribution in [2.24, 2.45) is 0 Å². The average Bonchev–Trinajstić information content (AvgIpc) is 2.41. The number of halogens is 1. The van der Waals surface area contributed by atoms with E-state index in [0.717, 1.165) is 15.6 Å². The highest BCUT2D eigenvalue weighted by Gasteiger charge is 2.21. The number of hydrogen-bond acceptors (Lipinski definition) is 3. The van der Waals surface area contributed by atoms with E-state index in [-0.39, 0.29) is 4.90 Å². The van der Waals surface area contributed by atoms with Gasteiger partial charge >= 0.3 is 10.1 Å². The third-order valence-corrected chi connectivity index (χ3v) is 6.04. The van der Waals surface area contributed by atoms with Crippen LogP contribution in [0.15, 0.2) is 39.7 Å². The van der Waals surface area contributed by atoms with Crippen molar-refractivity contribution in [3.63, 3.8) is 0 Å². The van der Waals surface area contributed by atoms with Gasteiger partial charge < -0.3 is 4.18 Å². The van der Waals surface area contributed by atoms with Gasteiger partial charge in [0.15, 0.2) is 0 Å². The summed E-state index contributed by atoms with van der Waals surface area (Å²) in [5, 5.41) is 0. The maximum Gasteiger partial charge on any atom is 0.339 e. The molecule has 3 nitrogen and oxygen atoms in total. The van der Waals surface area contributed by atoms with E-state index in [1.165, 1.54) is 5.56 Å². The molecule has 2 aromatic rings. The number of benzene rings is 2. The van der Waals surface area contributed by atoms with E-state index in [1.54, 1.807) is 31.2 Å². The Labute approximate surface area is 146 Å². The monoisotopic (exact) mass is 396 g/mol. The Morgan fingerprint density at radius 1 is 0.957 bits per heavy atom. The molecule has 124 valence electrons. The molecule has 23 heavy (non-hydrogen) atoms. The van der Waals surface area contributed by atoms with Gasteiger partial charge in [0.1, 0.15) is 10.6 Å². The van der Waals surface area contributed by atoms with Crippen LogP contribution in [-0.4, -0.2) is 8.42 Å². The fraction of sp³-hybridized carbons (Fsp3) is 0.333. The van der Waals surface area contributed by atoms with E-state index in [0.29, 0.717) is 17.2 Å².